The van der Waals surface area contributed by atoms with E-state index < -0.39 is 22.9 Å². The monoisotopic (exact) mass is 365 g/mol. The summed E-state index contributed by atoms with van der Waals surface area (Å²) in [5.41, 5.74) is 0.876. The smallest absolute Gasteiger partial charge is 0.197 e. The first-order valence-corrected chi connectivity index (χ1v) is 8.92. The molecule has 1 atom stereocenters. The van der Waals surface area contributed by atoms with E-state index in [1.807, 2.05) is 0 Å². The lowest BCUT2D eigenvalue weighted by Crippen LogP contribution is -2.06. The maximum atomic E-state index is 12.9. The molecule has 7 heteroatoms. The number of benzene rings is 1. The van der Waals surface area contributed by atoms with Crippen molar-refractivity contribution in [2.24, 2.45) is 0 Å². The van der Waals surface area contributed by atoms with Crippen molar-refractivity contribution < 1.29 is 21.9 Å². The van der Waals surface area contributed by atoms with Crippen molar-refractivity contribution in [3.63, 3.8) is 0 Å². The van der Waals surface area contributed by atoms with Crippen molar-refractivity contribution in [1.29, 1.82) is 0 Å². The van der Waals surface area contributed by atoms with Crippen LogP contribution < -0.4 is 4.74 Å². The Morgan fingerprint density at radius 3 is 2.96 bits per heavy atom. The van der Waals surface area contributed by atoms with Gasteiger partial charge in [-0.05, 0) is 25.1 Å². The van der Waals surface area contributed by atoms with Crippen LogP contribution in [-0.4, -0.2) is 39.5 Å². The summed E-state index contributed by atoms with van der Waals surface area (Å²) in [7, 11) is -0.204. The van der Waals surface area contributed by atoms with Gasteiger partial charge in [-0.2, -0.15) is 0 Å². The average molecular weight is 365 g/mol. The number of nitrogens with one attached hydrogen (secondary N) is 1. The molecule has 132 valence electrons. The first kappa shape index (κ1) is 11.4. The van der Waals surface area contributed by atoms with E-state index in [9.17, 15) is 4.21 Å². The summed E-state index contributed by atoms with van der Waals surface area (Å²) in [6.07, 6.45) is 0.301. The number of hydrogen-bond acceptors (Lipinski definition) is 5. The van der Waals surface area contributed by atoms with Gasteiger partial charge >= 0.3 is 0 Å². The number of pyridine rings is 1. The van der Waals surface area contributed by atoms with Crippen molar-refractivity contribution in [3.8, 4) is 5.75 Å². The van der Waals surface area contributed by atoms with E-state index in [1.54, 1.807) is 14.0 Å². The summed E-state index contributed by atoms with van der Waals surface area (Å²) >= 11 is 0. The molecule has 2 heterocycles. The van der Waals surface area contributed by atoms with Gasteiger partial charge < -0.3 is 14.5 Å². The van der Waals surface area contributed by atoms with Gasteiger partial charge in [-0.3, -0.25) is 9.19 Å². The summed E-state index contributed by atoms with van der Waals surface area (Å²) in [6, 6.07) is -1.59. The largest absolute Gasteiger partial charge is 0.493 e. The molecule has 25 heavy (non-hydrogen) atoms. The molecule has 0 spiro atoms. The van der Waals surface area contributed by atoms with Gasteiger partial charge in [0.2, 0.25) is 0 Å². The first-order chi connectivity index (χ1) is 14.7. The molecular formula is C18H21N3O3S. The van der Waals surface area contributed by atoms with Gasteiger partial charge in [0, 0.05) is 31.9 Å². The molecule has 0 amide bonds. The maximum absolute atomic E-state index is 12.9. The number of hydrogen-bond donors (Lipinski definition) is 1. The molecule has 1 unspecified atom stereocenters. The predicted molar refractivity (Wildman–Crippen MR) is 97.2 cm³/mol. The Morgan fingerprint density at radius 1 is 1.28 bits per heavy atom. The number of nitrogens with zero attached hydrogens (tertiary/aromatic N) is 2. The molecule has 1 N–H and O–H groups in total. The highest BCUT2D eigenvalue weighted by Gasteiger charge is 2.14. The zero-order chi connectivity index (χ0) is 22.9. The molecule has 0 fully saturated rings. The van der Waals surface area contributed by atoms with Crippen LogP contribution in [0.1, 0.15) is 25.9 Å². The maximum Gasteiger partial charge on any atom is 0.197 e. The highest BCUT2D eigenvalue weighted by molar-refractivity contribution is 7.84. The molecule has 2 aromatic heterocycles. The van der Waals surface area contributed by atoms with Gasteiger partial charge in [-0.25, -0.2) is 4.98 Å². The Hall–Kier alpha value is -2.25. The van der Waals surface area contributed by atoms with E-state index in [2.05, 4.69) is 15.0 Å². The Kier molecular flexibility index (Phi) is 3.74. The summed E-state index contributed by atoms with van der Waals surface area (Å²) in [6.45, 7) is 2.45. The van der Waals surface area contributed by atoms with E-state index in [0.717, 1.165) is 0 Å². The van der Waals surface area contributed by atoms with Crippen LogP contribution in [0.4, 0.5) is 0 Å². The second kappa shape index (κ2) is 8.22. The van der Waals surface area contributed by atoms with Gasteiger partial charge in [-0.15, -0.1) is 0 Å². The van der Waals surface area contributed by atoms with Crippen LogP contribution in [0.2, 0.25) is 0 Å². The Morgan fingerprint density at radius 2 is 2.12 bits per heavy atom. The van der Waals surface area contributed by atoms with Crippen LogP contribution in [0.15, 0.2) is 41.5 Å². The molecule has 0 aliphatic heterocycles. The van der Waals surface area contributed by atoms with Crippen LogP contribution in [0.25, 0.3) is 11.0 Å². The molecule has 1 aromatic carbocycles. The van der Waals surface area contributed by atoms with E-state index >= 15 is 0 Å². The molecule has 3 aromatic rings. The van der Waals surface area contributed by atoms with Crippen LogP contribution >= 0.6 is 0 Å². The fourth-order valence-electron chi connectivity index (χ4n) is 2.13. The van der Waals surface area contributed by atoms with Crippen molar-refractivity contribution in [1.82, 2.24) is 15.0 Å². The number of ether oxygens (including phenoxy) is 2. The van der Waals surface area contributed by atoms with Gasteiger partial charge in [-0.1, -0.05) is 12.1 Å². The third-order valence-electron chi connectivity index (χ3n) is 3.47. The lowest BCUT2D eigenvalue weighted by Gasteiger charge is -2.11. The normalized spacial score (nSPS) is 15.8. The van der Waals surface area contributed by atoms with Crippen molar-refractivity contribution in [2.75, 3.05) is 20.3 Å². The first-order valence-electron chi connectivity index (χ1n) is 10.6. The molecule has 0 aliphatic rings. The van der Waals surface area contributed by atoms with Gasteiger partial charge in [0.05, 0.1) is 48.1 Å². The standard InChI is InChI=1S/C18H21N3O3S/c1-13-16(19-9-8-17(13)24-11-5-10-23-2)12-25(22)18-20-14-6-3-4-7-15(14)21-18/h3-4,6-9H,5,10-12H2,1-2H3,(H,20,21)/i3D,4D,6D,7D,8D,9D. The number of imidazole rings is 1. The van der Waals surface area contributed by atoms with Crippen molar-refractivity contribution in [2.45, 2.75) is 24.3 Å². The molecule has 0 saturated carbocycles. The highest BCUT2D eigenvalue weighted by Crippen LogP contribution is 2.22. The molecule has 0 saturated heterocycles. The molecule has 0 radical (unpaired) electrons. The molecule has 3 rings (SSSR count). The minimum Gasteiger partial charge on any atom is -0.493 e. The second-order valence-electron chi connectivity index (χ2n) is 5.20. The van der Waals surface area contributed by atoms with Crippen LogP contribution in [0.3, 0.4) is 0 Å². The van der Waals surface area contributed by atoms with E-state index in [4.69, 9.17) is 17.7 Å². The number of fused-ring (bicyclic) bond motifs is 1. The zero-order valence-corrected chi connectivity index (χ0v) is 14.7. The summed E-state index contributed by atoms with van der Waals surface area (Å²) in [4.78, 5) is 10.9. The Balaban J connectivity index is 1.92. The minimum absolute atomic E-state index is 0.00360. The predicted octanol–water partition coefficient (Wildman–Crippen LogP) is 2.99. The van der Waals surface area contributed by atoms with E-state index in [-0.39, 0.29) is 52.0 Å². The number of H-pyrrole nitrogens is 1. The number of para-hydroxylation sites is 2. The summed E-state index contributed by atoms with van der Waals surface area (Å²) < 4.78 is 70.9. The molecule has 0 bridgehead atoms. The Bertz CT molecular complexity index is 1130. The molecule has 6 nitrogen and oxygen atoms in total. The van der Waals surface area contributed by atoms with Crippen molar-refractivity contribution in [3.05, 3.63) is 47.6 Å². The molecule has 0 aliphatic carbocycles. The van der Waals surface area contributed by atoms with E-state index in [0.29, 0.717) is 30.9 Å². The third-order valence-corrected chi connectivity index (χ3v) is 4.63. The lowest BCUT2D eigenvalue weighted by molar-refractivity contribution is 0.172. The average Bonchev–Trinajstić information content (AvgIpc) is 3.20. The molecular weight excluding hydrogens is 338 g/mol. The number of aromatic amines is 1. The fourth-order valence-corrected chi connectivity index (χ4v) is 3.21. The summed E-state index contributed by atoms with van der Waals surface area (Å²) in [5, 5.41) is -0.0211. The SMILES string of the molecule is [2H]c1nc(CS(=O)c2nc3c([2H])c([2H])c([2H])c([2H])c3[nH]2)c(C)c(OCCCOC)c1[2H]. The van der Waals surface area contributed by atoms with Gasteiger partial charge in [0.15, 0.2) is 5.16 Å². The second-order valence-corrected chi connectivity index (χ2v) is 6.57. The van der Waals surface area contributed by atoms with Crippen LogP contribution in [0, 0.1) is 6.92 Å². The number of aromatic nitrogens is 3. The van der Waals surface area contributed by atoms with Crippen LogP contribution in [-0.2, 0) is 21.3 Å². The topological polar surface area (TPSA) is 77.1 Å². The third kappa shape index (κ3) is 4.24. The quantitative estimate of drug-likeness (QED) is 0.621. The summed E-state index contributed by atoms with van der Waals surface area (Å²) in [5.74, 6) is 0.0706. The fraction of sp³-hybridized carbons (Fsp3) is 0.333. The minimum atomic E-state index is -1.78. The Labute approximate surface area is 157 Å². The van der Waals surface area contributed by atoms with Crippen LogP contribution in [0.5, 0.6) is 5.75 Å². The number of rotatable bonds is 8. The van der Waals surface area contributed by atoms with Gasteiger partial charge in [0.1, 0.15) is 5.75 Å². The van der Waals surface area contributed by atoms with Gasteiger partial charge in [0.25, 0.3) is 0 Å². The van der Waals surface area contributed by atoms with E-state index in [1.165, 1.54) is 0 Å². The van der Waals surface area contributed by atoms with Crippen molar-refractivity contribution >= 4 is 21.8 Å². The highest BCUT2D eigenvalue weighted by atomic mass is 32.2. The zero-order valence-electron chi connectivity index (χ0n) is 19.9. The lowest BCUT2D eigenvalue weighted by atomic mass is 10.2. The number of methoxy groups -OCH3 is 1.